The quantitative estimate of drug-likeness (QED) is 0.752. The van der Waals surface area contributed by atoms with Crippen LogP contribution < -0.4 is 5.73 Å². The molecule has 1 rings (SSSR count). The van der Waals surface area contributed by atoms with Crippen molar-refractivity contribution in [2.24, 2.45) is 11.7 Å². The maximum absolute atomic E-state index is 6.41. The van der Waals surface area contributed by atoms with Gasteiger partial charge in [0.2, 0.25) is 0 Å². The van der Waals surface area contributed by atoms with Crippen LogP contribution in [0.25, 0.3) is 0 Å². The van der Waals surface area contributed by atoms with Gasteiger partial charge in [0.15, 0.2) is 0 Å². The predicted molar refractivity (Wildman–Crippen MR) is 72.8 cm³/mol. The zero-order valence-corrected chi connectivity index (χ0v) is 11.5. The van der Waals surface area contributed by atoms with Crippen LogP contribution in [0.5, 0.6) is 0 Å². The molecule has 0 saturated heterocycles. The topological polar surface area (TPSA) is 43.8 Å². The van der Waals surface area contributed by atoms with Crippen molar-refractivity contribution in [3.05, 3.63) is 18.0 Å². The normalized spacial score (nSPS) is 14.8. The van der Waals surface area contributed by atoms with Crippen LogP contribution in [0.1, 0.15) is 64.6 Å². The lowest BCUT2D eigenvalue weighted by Crippen LogP contribution is -2.24. The van der Waals surface area contributed by atoms with Crippen LogP contribution in [0.3, 0.4) is 0 Å². The van der Waals surface area contributed by atoms with E-state index in [0.717, 1.165) is 19.4 Å². The van der Waals surface area contributed by atoms with Gasteiger partial charge >= 0.3 is 0 Å². The summed E-state index contributed by atoms with van der Waals surface area (Å²) in [5.74, 6) is 0.585. The van der Waals surface area contributed by atoms with Crippen molar-refractivity contribution in [1.29, 1.82) is 0 Å². The Morgan fingerprint density at radius 3 is 2.65 bits per heavy atom. The molecular weight excluding hydrogens is 210 g/mol. The first-order chi connectivity index (χ1) is 8.24. The van der Waals surface area contributed by atoms with Gasteiger partial charge in [-0.1, -0.05) is 40.0 Å². The Bertz CT molecular complexity index is 306. The van der Waals surface area contributed by atoms with Gasteiger partial charge in [0.1, 0.15) is 0 Å². The zero-order chi connectivity index (χ0) is 12.7. The fourth-order valence-electron chi connectivity index (χ4n) is 2.37. The molecular formula is C14H27N3. The number of nitrogens with zero attached hydrogens (tertiary/aromatic N) is 2. The number of nitrogens with two attached hydrogens (primary N) is 1. The van der Waals surface area contributed by atoms with Crippen LogP contribution in [-0.4, -0.2) is 9.78 Å². The first-order valence-corrected chi connectivity index (χ1v) is 7.01. The van der Waals surface area contributed by atoms with Crippen molar-refractivity contribution in [1.82, 2.24) is 9.78 Å². The smallest absolute Gasteiger partial charge is 0.0554 e. The molecule has 98 valence electrons. The Hall–Kier alpha value is -0.830. The second-order valence-electron chi connectivity index (χ2n) is 4.82. The molecule has 0 spiro atoms. The highest BCUT2D eigenvalue weighted by atomic mass is 15.3. The van der Waals surface area contributed by atoms with E-state index in [4.69, 9.17) is 5.73 Å². The monoisotopic (exact) mass is 237 g/mol. The fraction of sp³-hybridized carbons (Fsp3) is 0.786. The third-order valence-electron chi connectivity index (χ3n) is 3.49. The predicted octanol–water partition coefficient (Wildman–Crippen LogP) is 3.51. The van der Waals surface area contributed by atoms with E-state index in [0.29, 0.717) is 5.92 Å². The SMILES string of the molecule is CCCCC(CC)C(N)c1ccnn1CCC. The molecule has 3 nitrogen and oxygen atoms in total. The number of hydrogen-bond acceptors (Lipinski definition) is 2. The van der Waals surface area contributed by atoms with E-state index < -0.39 is 0 Å². The van der Waals surface area contributed by atoms with Crippen LogP contribution in [0.15, 0.2) is 12.3 Å². The van der Waals surface area contributed by atoms with Gasteiger partial charge in [-0.2, -0.15) is 5.10 Å². The van der Waals surface area contributed by atoms with E-state index in [1.165, 1.54) is 25.0 Å². The first kappa shape index (κ1) is 14.2. The Labute approximate surface area is 105 Å². The van der Waals surface area contributed by atoms with E-state index >= 15 is 0 Å². The lowest BCUT2D eigenvalue weighted by Gasteiger charge is -2.23. The number of aromatic nitrogens is 2. The summed E-state index contributed by atoms with van der Waals surface area (Å²) in [6.07, 6.45) is 7.88. The Kier molecular flexibility index (Phi) is 6.27. The van der Waals surface area contributed by atoms with Gasteiger partial charge in [0.25, 0.3) is 0 Å². The highest BCUT2D eigenvalue weighted by Gasteiger charge is 2.20. The molecule has 1 aromatic heterocycles. The fourth-order valence-corrected chi connectivity index (χ4v) is 2.37. The summed E-state index contributed by atoms with van der Waals surface area (Å²) in [6.45, 7) is 7.62. The van der Waals surface area contributed by atoms with Gasteiger partial charge in [-0.3, -0.25) is 4.68 Å². The van der Waals surface area contributed by atoms with Crippen LogP contribution in [0.2, 0.25) is 0 Å². The van der Waals surface area contributed by atoms with E-state index in [9.17, 15) is 0 Å². The van der Waals surface area contributed by atoms with Gasteiger partial charge < -0.3 is 5.73 Å². The maximum atomic E-state index is 6.41. The summed E-state index contributed by atoms with van der Waals surface area (Å²) >= 11 is 0. The van der Waals surface area contributed by atoms with Gasteiger partial charge in [0, 0.05) is 18.8 Å². The minimum absolute atomic E-state index is 0.139. The second kappa shape index (κ2) is 7.49. The number of unbranched alkanes of at least 4 members (excludes halogenated alkanes) is 1. The van der Waals surface area contributed by atoms with E-state index in [2.05, 4.69) is 36.6 Å². The molecule has 3 heteroatoms. The number of aryl methyl sites for hydroxylation is 1. The molecule has 1 heterocycles. The van der Waals surface area contributed by atoms with Crippen molar-refractivity contribution in [3.8, 4) is 0 Å². The summed E-state index contributed by atoms with van der Waals surface area (Å²) < 4.78 is 2.07. The molecule has 0 radical (unpaired) electrons. The molecule has 0 amide bonds. The summed E-state index contributed by atoms with van der Waals surface area (Å²) in [4.78, 5) is 0. The van der Waals surface area contributed by atoms with E-state index in [1.54, 1.807) is 0 Å². The maximum Gasteiger partial charge on any atom is 0.0554 e. The standard InChI is InChI=1S/C14H27N3/c1-4-7-8-12(6-3)14(15)13-9-10-16-17(13)11-5-2/h9-10,12,14H,4-8,11,15H2,1-3H3. The minimum atomic E-state index is 0.139. The molecule has 1 aromatic rings. The lowest BCUT2D eigenvalue weighted by molar-refractivity contribution is 0.358. The van der Waals surface area contributed by atoms with Crippen molar-refractivity contribution in [3.63, 3.8) is 0 Å². The molecule has 0 aliphatic carbocycles. The van der Waals surface area contributed by atoms with Crippen molar-refractivity contribution >= 4 is 0 Å². The molecule has 2 N–H and O–H groups in total. The number of rotatable bonds is 8. The summed E-state index contributed by atoms with van der Waals surface area (Å²) in [6, 6.07) is 2.22. The third kappa shape index (κ3) is 3.84. The number of hydrogen-bond donors (Lipinski definition) is 1. The Morgan fingerprint density at radius 2 is 2.06 bits per heavy atom. The van der Waals surface area contributed by atoms with Crippen LogP contribution in [0, 0.1) is 5.92 Å². The van der Waals surface area contributed by atoms with Crippen LogP contribution in [-0.2, 0) is 6.54 Å². The average molecular weight is 237 g/mol. The first-order valence-electron chi connectivity index (χ1n) is 7.01. The van der Waals surface area contributed by atoms with Crippen molar-refractivity contribution in [2.45, 2.75) is 65.5 Å². The highest BCUT2D eigenvalue weighted by Crippen LogP contribution is 2.26. The Balaban J connectivity index is 2.70. The van der Waals surface area contributed by atoms with Crippen LogP contribution in [0.4, 0.5) is 0 Å². The van der Waals surface area contributed by atoms with Crippen molar-refractivity contribution in [2.75, 3.05) is 0 Å². The average Bonchev–Trinajstić information content (AvgIpc) is 2.78. The van der Waals surface area contributed by atoms with Gasteiger partial charge in [-0.05, 0) is 24.8 Å². The summed E-state index contributed by atoms with van der Waals surface area (Å²) in [5.41, 5.74) is 7.61. The minimum Gasteiger partial charge on any atom is -0.322 e. The largest absolute Gasteiger partial charge is 0.322 e. The lowest BCUT2D eigenvalue weighted by atomic mass is 9.90. The van der Waals surface area contributed by atoms with E-state index in [1.807, 2.05) is 6.20 Å². The van der Waals surface area contributed by atoms with Gasteiger partial charge in [0.05, 0.1) is 5.69 Å². The summed E-state index contributed by atoms with van der Waals surface area (Å²) in [7, 11) is 0. The second-order valence-corrected chi connectivity index (χ2v) is 4.82. The van der Waals surface area contributed by atoms with Crippen LogP contribution >= 0.6 is 0 Å². The van der Waals surface area contributed by atoms with Gasteiger partial charge in [-0.15, -0.1) is 0 Å². The zero-order valence-electron chi connectivity index (χ0n) is 11.5. The molecule has 0 aliphatic rings. The molecule has 0 aromatic carbocycles. The molecule has 0 bridgehead atoms. The highest BCUT2D eigenvalue weighted by molar-refractivity contribution is 5.07. The molecule has 2 atom stereocenters. The third-order valence-corrected chi connectivity index (χ3v) is 3.49. The molecule has 2 unspecified atom stereocenters. The van der Waals surface area contributed by atoms with Crippen molar-refractivity contribution < 1.29 is 0 Å². The molecule has 0 aliphatic heterocycles. The van der Waals surface area contributed by atoms with Gasteiger partial charge in [-0.25, -0.2) is 0 Å². The molecule has 17 heavy (non-hydrogen) atoms. The summed E-state index contributed by atoms with van der Waals surface area (Å²) in [5, 5.41) is 4.36. The Morgan fingerprint density at radius 1 is 1.29 bits per heavy atom. The molecule has 0 saturated carbocycles. The van der Waals surface area contributed by atoms with E-state index in [-0.39, 0.29) is 6.04 Å². The molecule has 0 fully saturated rings.